The van der Waals surface area contributed by atoms with E-state index in [0.29, 0.717) is 13.1 Å². The van der Waals surface area contributed by atoms with Gasteiger partial charge in [-0.05, 0) is 39.2 Å². The van der Waals surface area contributed by atoms with Gasteiger partial charge in [0.1, 0.15) is 5.69 Å². The Morgan fingerprint density at radius 3 is 2.84 bits per heavy atom. The zero-order valence-corrected chi connectivity index (χ0v) is 15.0. The van der Waals surface area contributed by atoms with Crippen molar-refractivity contribution in [2.45, 2.75) is 12.8 Å². The van der Waals surface area contributed by atoms with Crippen LogP contribution < -0.4 is 5.32 Å². The van der Waals surface area contributed by atoms with Crippen LogP contribution in [0, 0.1) is 16.0 Å². The van der Waals surface area contributed by atoms with Gasteiger partial charge in [-0.3, -0.25) is 19.7 Å². The quantitative estimate of drug-likeness (QED) is 0.586. The first-order chi connectivity index (χ1) is 11.8. The first-order valence-corrected chi connectivity index (χ1v) is 8.33. The van der Waals surface area contributed by atoms with E-state index in [-0.39, 0.29) is 28.7 Å². The third kappa shape index (κ3) is 5.14. The van der Waals surface area contributed by atoms with Gasteiger partial charge in [0.25, 0.3) is 5.69 Å². The average Bonchev–Trinajstić information content (AvgIpc) is 2.90. The Morgan fingerprint density at radius 2 is 2.20 bits per heavy atom. The summed E-state index contributed by atoms with van der Waals surface area (Å²) in [4.78, 5) is 38.6. The Kier molecular flexibility index (Phi) is 6.33. The number of anilines is 1. The molecule has 2 amide bonds. The summed E-state index contributed by atoms with van der Waals surface area (Å²) in [6.07, 6.45) is 0.949. The molecule has 1 aromatic carbocycles. The summed E-state index contributed by atoms with van der Waals surface area (Å²) in [6.45, 7) is 1.79. The fourth-order valence-electron chi connectivity index (χ4n) is 2.74. The van der Waals surface area contributed by atoms with Gasteiger partial charge in [-0.15, -0.1) is 0 Å². The molecule has 1 heterocycles. The molecule has 2 rings (SSSR count). The minimum Gasteiger partial charge on any atom is -0.342 e. The summed E-state index contributed by atoms with van der Waals surface area (Å²) in [6, 6.07) is 4.05. The monoisotopic (exact) mass is 368 g/mol. The van der Waals surface area contributed by atoms with Crippen LogP contribution in [0.4, 0.5) is 11.4 Å². The molecule has 8 nitrogen and oxygen atoms in total. The molecule has 1 aliphatic rings. The zero-order valence-electron chi connectivity index (χ0n) is 14.2. The van der Waals surface area contributed by atoms with Crippen LogP contribution in [0.1, 0.15) is 12.8 Å². The minimum absolute atomic E-state index is 0.0653. The number of likely N-dealkylation sites (tertiary alicyclic amines) is 1. The number of carbonyl (C=O) groups is 2. The van der Waals surface area contributed by atoms with Gasteiger partial charge in [0.05, 0.1) is 10.8 Å². The van der Waals surface area contributed by atoms with Crippen molar-refractivity contribution in [2.24, 2.45) is 5.92 Å². The summed E-state index contributed by atoms with van der Waals surface area (Å²) in [5.41, 5.74) is -0.189. The van der Waals surface area contributed by atoms with Gasteiger partial charge in [-0.25, -0.2) is 0 Å². The van der Waals surface area contributed by atoms with Gasteiger partial charge in [0.2, 0.25) is 11.8 Å². The van der Waals surface area contributed by atoms with Crippen molar-refractivity contribution in [3.05, 3.63) is 33.3 Å². The van der Waals surface area contributed by atoms with Crippen LogP contribution in [-0.2, 0) is 9.59 Å². The van der Waals surface area contributed by atoms with Crippen LogP contribution in [0.2, 0.25) is 5.02 Å². The number of nitrogens with zero attached hydrogens (tertiary/aromatic N) is 3. The SMILES string of the molecule is CN(C)CCCN1CC(C(=O)Nc2ccc(Cl)cc2[N+](=O)[O-])CC1=O. The first-order valence-electron chi connectivity index (χ1n) is 7.95. The van der Waals surface area contributed by atoms with Crippen LogP contribution >= 0.6 is 11.6 Å². The highest BCUT2D eigenvalue weighted by Gasteiger charge is 2.34. The molecule has 1 aromatic rings. The van der Waals surface area contributed by atoms with Crippen LogP contribution in [0.5, 0.6) is 0 Å². The highest BCUT2D eigenvalue weighted by molar-refractivity contribution is 6.31. The Morgan fingerprint density at radius 1 is 1.48 bits per heavy atom. The van der Waals surface area contributed by atoms with E-state index in [1.165, 1.54) is 18.2 Å². The summed E-state index contributed by atoms with van der Waals surface area (Å²) >= 11 is 5.76. The van der Waals surface area contributed by atoms with Crippen LogP contribution in [0.25, 0.3) is 0 Å². The Bertz CT molecular complexity index is 680. The lowest BCUT2D eigenvalue weighted by Crippen LogP contribution is -2.30. The second kappa shape index (κ2) is 8.26. The molecular formula is C16H21ClN4O4. The van der Waals surface area contributed by atoms with Crippen molar-refractivity contribution in [1.29, 1.82) is 0 Å². The lowest BCUT2D eigenvalue weighted by Gasteiger charge is -2.18. The van der Waals surface area contributed by atoms with E-state index in [2.05, 4.69) is 5.32 Å². The summed E-state index contributed by atoms with van der Waals surface area (Å²) in [5, 5.41) is 13.8. The number of nitro groups is 1. The zero-order chi connectivity index (χ0) is 18.6. The van der Waals surface area contributed by atoms with Gasteiger partial charge >= 0.3 is 0 Å². The molecule has 1 unspecified atom stereocenters. The number of amides is 2. The van der Waals surface area contributed by atoms with Gasteiger partial charge in [0, 0.05) is 30.6 Å². The van der Waals surface area contributed by atoms with Crippen LogP contribution in [0.15, 0.2) is 18.2 Å². The first kappa shape index (κ1) is 19.1. The summed E-state index contributed by atoms with van der Waals surface area (Å²) in [7, 11) is 3.92. The van der Waals surface area contributed by atoms with Crippen LogP contribution in [0.3, 0.4) is 0 Å². The number of halogens is 1. The van der Waals surface area contributed by atoms with Crippen molar-refractivity contribution in [1.82, 2.24) is 9.80 Å². The molecule has 0 bridgehead atoms. The maximum atomic E-state index is 12.4. The normalized spacial score (nSPS) is 17.2. The van der Waals surface area contributed by atoms with Crippen molar-refractivity contribution >= 4 is 34.8 Å². The number of benzene rings is 1. The molecule has 0 radical (unpaired) electrons. The topological polar surface area (TPSA) is 95.8 Å². The molecular weight excluding hydrogens is 348 g/mol. The molecule has 0 aromatic heterocycles. The number of nitrogens with one attached hydrogen (secondary N) is 1. The lowest BCUT2D eigenvalue weighted by atomic mass is 10.1. The molecule has 1 N–H and O–H groups in total. The largest absolute Gasteiger partial charge is 0.342 e. The van der Waals surface area contributed by atoms with Crippen molar-refractivity contribution in [3.63, 3.8) is 0 Å². The number of hydrogen-bond acceptors (Lipinski definition) is 5. The fourth-order valence-corrected chi connectivity index (χ4v) is 2.90. The maximum Gasteiger partial charge on any atom is 0.294 e. The van der Waals surface area contributed by atoms with E-state index in [9.17, 15) is 19.7 Å². The van der Waals surface area contributed by atoms with E-state index in [1.54, 1.807) is 4.90 Å². The number of carbonyl (C=O) groups excluding carboxylic acids is 2. The Balaban J connectivity index is 1.98. The van der Waals surface area contributed by atoms with Crippen LogP contribution in [-0.4, -0.2) is 60.3 Å². The molecule has 1 atom stereocenters. The fraction of sp³-hybridized carbons (Fsp3) is 0.500. The molecule has 1 saturated heterocycles. The molecule has 0 aliphatic carbocycles. The predicted molar refractivity (Wildman–Crippen MR) is 94.6 cm³/mol. The smallest absolute Gasteiger partial charge is 0.294 e. The minimum atomic E-state index is -0.602. The van der Waals surface area contributed by atoms with Gasteiger partial charge in [-0.2, -0.15) is 0 Å². The van der Waals surface area contributed by atoms with E-state index in [1.807, 2.05) is 19.0 Å². The molecule has 9 heteroatoms. The highest BCUT2D eigenvalue weighted by atomic mass is 35.5. The number of hydrogen-bond donors (Lipinski definition) is 1. The Hall–Kier alpha value is -2.19. The highest BCUT2D eigenvalue weighted by Crippen LogP contribution is 2.29. The standard InChI is InChI=1S/C16H21ClN4O4/c1-19(2)6-3-7-20-10-11(8-15(20)22)16(23)18-13-5-4-12(17)9-14(13)21(24)25/h4-5,9,11H,3,6-8,10H2,1-2H3,(H,18,23). The second-order valence-electron chi connectivity index (χ2n) is 6.31. The molecule has 1 fully saturated rings. The van der Waals surface area contributed by atoms with E-state index >= 15 is 0 Å². The second-order valence-corrected chi connectivity index (χ2v) is 6.74. The van der Waals surface area contributed by atoms with Gasteiger partial charge in [0.15, 0.2) is 0 Å². The van der Waals surface area contributed by atoms with Gasteiger partial charge in [-0.1, -0.05) is 11.6 Å². The van der Waals surface area contributed by atoms with Crippen molar-refractivity contribution in [2.75, 3.05) is 39.0 Å². The van der Waals surface area contributed by atoms with E-state index in [4.69, 9.17) is 11.6 Å². The molecule has 1 aliphatic heterocycles. The van der Waals surface area contributed by atoms with Crippen molar-refractivity contribution in [3.8, 4) is 0 Å². The average molecular weight is 369 g/mol. The molecule has 136 valence electrons. The van der Waals surface area contributed by atoms with Gasteiger partial charge < -0.3 is 15.1 Å². The maximum absolute atomic E-state index is 12.4. The third-order valence-electron chi connectivity index (χ3n) is 4.03. The predicted octanol–water partition coefficient (Wildman–Crippen LogP) is 1.99. The molecule has 0 spiro atoms. The third-order valence-corrected chi connectivity index (χ3v) is 4.27. The van der Waals surface area contributed by atoms with E-state index < -0.39 is 16.7 Å². The van der Waals surface area contributed by atoms with Crippen molar-refractivity contribution < 1.29 is 14.5 Å². The lowest BCUT2D eigenvalue weighted by molar-refractivity contribution is -0.383. The number of nitro benzene ring substituents is 1. The number of rotatable bonds is 7. The summed E-state index contributed by atoms with van der Waals surface area (Å²) < 4.78 is 0. The van der Waals surface area contributed by atoms with E-state index in [0.717, 1.165) is 13.0 Å². The summed E-state index contributed by atoms with van der Waals surface area (Å²) in [5.74, 6) is -0.972. The molecule has 25 heavy (non-hydrogen) atoms. The molecule has 0 saturated carbocycles. The Labute approximate surface area is 150 Å².